The Morgan fingerprint density at radius 3 is 1.40 bits per heavy atom. The van der Waals surface area contributed by atoms with Crippen LogP contribution in [-0.2, 0) is 19.2 Å². The van der Waals surface area contributed by atoms with Crippen LogP contribution in [0, 0.1) is 0 Å². The summed E-state index contributed by atoms with van der Waals surface area (Å²) >= 11 is 0. The lowest BCUT2D eigenvalue weighted by atomic mass is 10.1. The van der Waals surface area contributed by atoms with E-state index in [4.69, 9.17) is 18.9 Å². The molecule has 0 heterocycles. The summed E-state index contributed by atoms with van der Waals surface area (Å²) in [6.07, 6.45) is 5.86. The fraction of sp³-hybridized carbons (Fsp3) is 0.259. The van der Waals surface area contributed by atoms with E-state index < -0.39 is 0 Å². The van der Waals surface area contributed by atoms with Crippen molar-refractivity contribution in [2.24, 2.45) is 0 Å². The molecule has 0 atom stereocenters. The molecule has 0 N–H and O–H groups in total. The van der Waals surface area contributed by atoms with E-state index in [0.717, 1.165) is 0 Å². The van der Waals surface area contributed by atoms with Gasteiger partial charge in [-0.25, -0.2) is 0 Å². The molecule has 2 aromatic rings. The molecule has 0 saturated heterocycles. The average Bonchev–Trinajstić information content (AvgIpc) is 2.87. The van der Waals surface area contributed by atoms with Gasteiger partial charge in [0.25, 0.3) is 0 Å². The van der Waals surface area contributed by atoms with Crippen LogP contribution in [0.4, 0.5) is 0 Å². The summed E-state index contributed by atoms with van der Waals surface area (Å²) in [5, 5.41) is 0. The second kappa shape index (κ2) is 13.5. The molecule has 35 heavy (non-hydrogen) atoms. The lowest BCUT2D eigenvalue weighted by molar-refractivity contribution is -0.135. The van der Waals surface area contributed by atoms with Gasteiger partial charge in [0, 0.05) is 12.8 Å². The first kappa shape index (κ1) is 27.0. The van der Waals surface area contributed by atoms with Crippen molar-refractivity contribution in [3.63, 3.8) is 0 Å². The first-order valence-corrected chi connectivity index (χ1v) is 11.0. The largest absolute Gasteiger partial charge is 0.493 e. The SMILES string of the molecule is CCC(=O)Oc1ccc(/C=C/C(=O)CC(=O)/C=C/c2ccc(OC(=O)CC)c(OC)c2)cc1OC. The second-order valence-electron chi connectivity index (χ2n) is 7.25. The highest BCUT2D eigenvalue weighted by atomic mass is 16.6. The van der Waals surface area contributed by atoms with E-state index >= 15 is 0 Å². The molecule has 0 unspecified atom stereocenters. The summed E-state index contributed by atoms with van der Waals surface area (Å²) in [5.74, 6) is -0.241. The predicted octanol–water partition coefficient (Wildman–Crippen LogP) is 4.59. The van der Waals surface area contributed by atoms with Gasteiger partial charge in [-0.2, -0.15) is 0 Å². The van der Waals surface area contributed by atoms with Crippen LogP contribution in [0.3, 0.4) is 0 Å². The Bertz CT molecular complexity index is 1050. The third kappa shape index (κ3) is 8.58. The number of allylic oxidation sites excluding steroid dienone is 2. The average molecular weight is 481 g/mol. The molecule has 0 fully saturated rings. The van der Waals surface area contributed by atoms with Gasteiger partial charge in [-0.15, -0.1) is 0 Å². The smallest absolute Gasteiger partial charge is 0.311 e. The molecule has 0 aliphatic heterocycles. The number of carbonyl (C=O) groups is 4. The standard InChI is InChI=1S/C27H28O8/c1-5-26(30)34-22-13-9-18(15-24(22)32-3)7-11-20(28)17-21(29)12-8-19-10-14-23(25(16-19)33-4)35-27(31)6-2/h7-16H,5-6,17H2,1-4H3/b11-7+,12-8+. The predicted molar refractivity (Wildman–Crippen MR) is 131 cm³/mol. The van der Waals surface area contributed by atoms with E-state index in [2.05, 4.69) is 0 Å². The normalized spacial score (nSPS) is 10.9. The molecule has 0 bridgehead atoms. The van der Waals surface area contributed by atoms with Gasteiger partial charge in [-0.05, 0) is 47.5 Å². The molecular weight excluding hydrogens is 452 g/mol. The molecular formula is C27H28O8. The minimum absolute atomic E-state index is 0.231. The fourth-order valence-electron chi connectivity index (χ4n) is 2.80. The number of ether oxygens (including phenoxy) is 4. The van der Waals surface area contributed by atoms with E-state index in [1.807, 2.05) is 0 Å². The Labute approximate surface area is 204 Å². The molecule has 0 aliphatic rings. The third-order valence-corrected chi connectivity index (χ3v) is 4.67. The number of carbonyl (C=O) groups excluding carboxylic acids is 4. The summed E-state index contributed by atoms with van der Waals surface area (Å²) in [5.41, 5.74) is 1.29. The zero-order valence-electron chi connectivity index (χ0n) is 20.2. The molecule has 0 radical (unpaired) electrons. The van der Waals surface area contributed by atoms with Gasteiger partial charge >= 0.3 is 11.9 Å². The van der Waals surface area contributed by atoms with Crippen LogP contribution in [0.15, 0.2) is 48.6 Å². The topological polar surface area (TPSA) is 105 Å². The summed E-state index contributed by atoms with van der Waals surface area (Å²) in [6, 6.07) is 9.74. The quantitative estimate of drug-likeness (QED) is 0.188. The van der Waals surface area contributed by atoms with Crippen molar-refractivity contribution in [1.29, 1.82) is 0 Å². The van der Waals surface area contributed by atoms with Gasteiger partial charge in [0.15, 0.2) is 34.6 Å². The Morgan fingerprint density at radius 2 is 1.06 bits per heavy atom. The van der Waals surface area contributed by atoms with Crippen molar-refractivity contribution in [3.05, 3.63) is 59.7 Å². The van der Waals surface area contributed by atoms with Crippen LogP contribution in [0.25, 0.3) is 12.2 Å². The van der Waals surface area contributed by atoms with Crippen molar-refractivity contribution in [2.45, 2.75) is 33.1 Å². The Hall–Kier alpha value is -4.20. The highest BCUT2D eigenvalue weighted by Gasteiger charge is 2.11. The van der Waals surface area contributed by atoms with E-state index in [9.17, 15) is 19.2 Å². The number of hydrogen-bond acceptors (Lipinski definition) is 8. The minimum atomic E-state index is -0.386. The molecule has 0 amide bonds. The van der Waals surface area contributed by atoms with Gasteiger partial charge in [-0.3, -0.25) is 19.2 Å². The zero-order valence-corrected chi connectivity index (χ0v) is 20.2. The van der Waals surface area contributed by atoms with E-state index in [0.29, 0.717) is 22.6 Å². The Balaban J connectivity index is 1.99. The van der Waals surface area contributed by atoms with Crippen LogP contribution in [0.2, 0.25) is 0 Å². The van der Waals surface area contributed by atoms with Gasteiger partial charge in [0.05, 0.1) is 20.6 Å². The maximum atomic E-state index is 12.2. The van der Waals surface area contributed by atoms with Gasteiger partial charge in [0.2, 0.25) is 0 Å². The molecule has 2 rings (SSSR count). The van der Waals surface area contributed by atoms with Gasteiger partial charge in [-0.1, -0.05) is 38.1 Å². The lowest BCUT2D eigenvalue weighted by Crippen LogP contribution is -2.06. The molecule has 0 aliphatic carbocycles. The second-order valence-corrected chi connectivity index (χ2v) is 7.25. The Morgan fingerprint density at radius 1 is 0.657 bits per heavy atom. The number of benzene rings is 2. The number of rotatable bonds is 12. The molecule has 8 heteroatoms. The number of hydrogen-bond donors (Lipinski definition) is 0. The minimum Gasteiger partial charge on any atom is -0.493 e. The summed E-state index contributed by atoms with van der Waals surface area (Å²) in [6.45, 7) is 3.38. The maximum Gasteiger partial charge on any atom is 0.311 e. The molecule has 2 aromatic carbocycles. The molecule has 0 aromatic heterocycles. The lowest BCUT2D eigenvalue weighted by Gasteiger charge is -2.09. The monoisotopic (exact) mass is 480 g/mol. The van der Waals surface area contributed by atoms with E-state index in [1.54, 1.807) is 62.4 Å². The highest BCUT2D eigenvalue weighted by Crippen LogP contribution is 2.30. The van der Waals surface area contributed by atoms with Crippen LogP contribution < -0.4 is 18.9 Å². The molecule has 8 nitrogen and oxygen atoms in total. The molecule has 184 valence electrons. The van der Waals surface area contributed by atoms with Crippen LogP contribution in [-0.4, -0.2) is 37.7 Å². The summed E-state index contributed by atoms with van der Waals surface area (Å²) in [7, 11) is 2.90. The molecule has 0 saturated carbocycles. The number of esters is 2. The van der Waals surface area contributed by atoms with Crippen molar-refractivity contribution in [3.8, 4) is 23.0 Å². The summed E-state index contributed by atoms with van der Waals surface area (Å²) in [4.78, 5) is 47.4. The number of ketones is 2. The molecule has 0 spiro atoms. The Kier molecular flexibility index (Phi) is 10.4. The van der Waals surface area contributed by atoms with Crippen molar-refractivity contribution in [1.82, 2.24) is 0 Å². The first-order chi connectivity index (χ1) is 16.8. The highest BCUT2D eigenvalue weighted by molar-refractivity contribution is 6.10. The third-order valence-electron chi connectivity index (χ3n) is 4.67. The van der Waals surface area contributed by atoms with Crippen LogP contribution >= 0.6 is 0 Å². The van der Waals surface area contributed by atoms with E-state index in [1.165, 1.54) is 26.4 Å². The van der Waals surface area contributed by atoms with Crippen molar-refractivity contribution < 1.29 is 38.1 Å². The summed E-state index contributed by atoms with van der Waals surface area (Å²) < 4.78 is 20.8. The fourth-order valence-corrected chi connectivity index (χ4v) is 2.80. The van der Waals surface area contributed by atoms with Crippen molar-refractivity contribution in [2.75, 3.05) is 14.2 Å². The van der Waals surface area contributed by atoms with Gasteiger partial charge < -0.3 is 18.9 Å². The van der Waals surface area contributed by atoms with E-state index in [-0.39, 0.29) is 54.3 Å². The van der Waals surface area contributed by atoms with Crippen LogP contribution in [0.5, 0.6) is 23.0 Å². The van der Waals surface area contributed by atoms with Gasteiger partial charge in [0.1, 0.15) is 0 Å². The maximum absolute atomic E-state index is 12.2. The number of methoxy groups -OCH3 is 2. The first-order valence-electron chi connectivity index (χ1n) is 11.0. The van der Waals surface area contributed by atoms with Crippen LogP contribution in [0.1, 0.15) is 44.2 Å². The van der Waals surface area contributed by atoms with Crippen molar-refractivity contribution >= 4 is 35.7 Å². The zero-order chi connectivity index (χ0) is 25.8.